The first kappa shape index (κ1) is 24.7. The third-order valence-corrected chi connectivity index (χ3v) is 7.33. The number of carboxylic acids is 1. The molecule has 1 aliphatic rings. The number of halogens is 3. The third kappa shape index (κ3) is 5.17. The number of alkyl halides is 3. The van der Waals surface area contributed by atoms with Crippen molar-refractivity contribution in [3.05, 3.63) is 74.4 Å². The number of carbonyl (C=O) groups is 2. The van der Waals surface area contributed by atoms with E-state index in [4.69, 9.17) is 0 Å². The number of carboxylic acid groups (broad SMARTS) is 1. The van der Waals surface area contributed by atoms with E-state index in [1.165, 1.54) is 29.7 Å². The highest BCUT2D eigenvalue weighted by Gasteiger charge is 2.30. The van der Waals surface area contributed by atoms with E-state index in [9.17, 15) is 27.9 Å². The monoisotopic (exact) mass is 503 g/mol. The Morgan fingerprint density at radius 3 is 2.66 bits per heavy atom. The summed E-state index contributed by atoms with van der Waals surface area (Å²) in [7, 11) is 0. The topological polar surface area (TPSA) is 83.7 Å². The number of amides is 1. The largest absolute Gasteiger partial charge is 0.478 e. The maximum Gasteiger partial charge on any atom is 0.416 e. The fourth-order valence-electron chi connectivity index (χ4n) is 4.42. The molecule has 10 heteroatoms. The molecular weight excluding hydrogens is 479 g/mol. The number of aryl methyl sites for hydroxylation is 2. The second-order valence-electron chi connectivity index (χ2n) is 8.53. The number of hydrazone groups is 1. The number of fused-ring (bicyclic) bond motifs is 1. The van der Waals surface area contributed by atoms with Crippen molar-refractivity contribution in [1.82, 2.24) is 9.99 Å². The summed E-state index contributed by atoms with van der Waals surface area (Å²) in [5.74, 6) is -1.49. The molecule has 1 aliphatic carbocycles. The van der Waals surface area contributed by atoms with Crippen molar-refractivity contribution >= 4 is 29.4 Å². The van der Waals surface area contributed by atoms with E-state index in [-0.39, 0.29) is 12.0 Å². The fraction of sp³-hybridized carbons (Fsp3) is 0.320. The lowest BCUT2D eigenvalue weighted by Gasteiger charge is -2.11. The van der Waals surface area contributed by atoms with Gasteiger partial charge in [-0.1, -0.05) is 18.2 Å². The molecule has 2 aromatic heterocycles. The van der Waals surface area contributed by atoms with E-state index in [0.717, 1.165) is 59.6 Å². The van der Waals surface area contributed by atoms with Crippen molar-refractivity contribution in [3.63, 3.8) is 0 Å². The van der Waals surface area contributed by atoms with Crippen LogP contribution in [0.2, 0.25) is 0 Å². The maximum atomic E-state index is 12.9. The molecule has 0 bridgehead atoms. The van der Waals surface area contributed by atoms with Gasteiger partial charge in [0, 0.05) is 21.8 Å². The molecule has 6 nitrogen and oxygen atoms in total. The Bertz CT molecular complexity index is 1320. The standard InChI is InChI=1S/C25H24F3N3O3S/c1-14-10-17(13-29-30-21(32)12-16-6-5-7-18(11-16)25(26,27)28)15(2)31(14)23-22(24(33)34)19-8-3-4-9-20(19)35-23/h5-7,10-11,13H,3-4,8-9,12H2,1-2H3,(H,30,32)(H,33,34)/b29-13+. The highest BCUT2D eigenvalue weighted by Crippen LogP contribution is 2.38. The number of rotatable bonds is 6. The summed E-state index contributed by atoms with van der Waals surface area (Å²) in [6, 6.07) is 6.46. The average Bonchev–Trinajstić information content (AvgIpc) is 3.29. The maximum absolute atomic E-state index is 12.9. The summed E-state index contributed by atoms with van der Waals surface area (Å²) in [4.78, 5) is 25.4. The molecule has 0 fully saturated rings. The van der Waals surface area contributed by atoms with Crippen LogP contribution in [0.4, 0.5) is 13.2 Å². The van der Waals surface area contributed by atoms with Gasteiger partial charge in [0.05, 0.1) is 23.8 Å². The Kier molecular flexibility index (Phi) is 6.84. The lowest BCUT2D eigenvalue weighted by Crippen LogP contribution is -2.20. The van der Waals surface area contributed by atoms with Crippen molar-refractivity contribution in [2.24, 2.45) is 5.10 Å². The summed E-state index contributed by atoms with van der Waals surface area (Å²) in [6.45, 7) is 3.73. The average molecular weight is 504 g/mol. The number of hydrogen-bond donors (Lipinski definition) is 2. The van der Waals surface area contributed by atoms with Crippen molar-refractivity contribution in [2.45, 2.75) is 52.1 Å². The second-order valence-corrected chi connectivity index (χ2v) is 9.61. The molecule has 3 aromatic rings. The van der Waals surface area contributed by atoms with Gasteiger partial charge in [0.1, 0.15) is 5.00 Å². The molecule has 4 rings (SSSR count). The number of nitrogens with zero attached hydrogens (tertiary/aromatic N) is 2. The van der Waals surface area contributed by atoms with E-state index < -0.39 is 23.6 Å². The molecule has 184 valence electrons. The first-order valence-electron chi connectivity index (χ1n) is 11.1. The zero-order valence-electron chi connectivity index (χ0n) is 19.2. The second kappa shape index (κ2) is 9.69. The van der Waals surface area contributed by atoms with E-state index in [0.29, 0.717) is 16.1 Å². The molecule has 35 heavy (non-hydrogen) atoms. The van der Waals surface area contributed by atoms with Crippen LogP contribution in [0.25, 0.3) is 5.00 Å². The normalized spacial score (nSPS) is 13.7. The quantitative estimate of drug-likeness (QED) is 0.347. The minimum Gasteiger partial charge on any atom is -0.478 e. The molecule has 0 atom stereocenters. The van der Waals surface area contributed by atoms with Gasteiger partial charge in [0.25, 0.3) is 0 Å². The summed E-state index contributed by atoms with van der Waals surface area (Å²) in [6.07, 6.45) is 0.402. The Morgan fingerprint density at radius 2 is 1.94 bits per heavy atom. The van der Waals surface area contributed by atoms with E-state index >= 15 is 0 Å². The number of nitrogens with one attached hydrogen (secondary N) is 1. The first-order valence-corrected chi connectivity index (χ1v) is 11.9. The van der Waals surface area contributed by atoms with Crippen LogP contribution in [-0.2, 0) is 30.2 Å². The van der Waals surface area contributed by atoms with Gasteiger partial charge in [0.2, 0.25) is 5.91 Å². The van der Waals surface area contributed by atoms with E-state index in [2.05, 4.69) is 10.5 Å². The van der Waals surface area contributed by atoms with Gasteiger partial charge in [-0.25, -0.2) is 10.2 Å². The molecular formula is C25H24F3N3O3S. The zero-order valence-corrected chi connectivity index (χ0v) is 20.0. The zero-order chi connectivity index (χ0) is 25.3. The fourth-order valence-corrected chi connectivity index (χ4v) is 5.91. The molecule has 0 saturated carbocycles. The summed E-state index contributed by atoms with van der Waals surface area (Å²) in [5.41, 5.74) is 5.36. The van der Waals surface area contributed by atoms with Crippen LogP contribution in [0.1, 0.15) is 61.7 Å². The molecule has 0 saturated heterocycles. The Labute approximate surface area is 204 Å². The van der Waals surface area contributed by atoms with Crippen LogP contribution in [0.5, 0.6) is 0 Å². The van der Waals surface area contributed by atoms with Gasteiger partial charge in [-0.15, -0.1) is 11.3 Å². The van der Waals surface area contributed by atoms with Gasteiger partial charge in [-0.3, -0.25) is 4.79 Å². The Balaban J connectivity index is 1.52. The van der Waals surface area contributed by atoms with Crippen molar-refractivity contribution < 1.29 is 27.9 Å². The van der Waals surface area contributed by atoms with E-state index in [1.807, 2.05) is 24.5 Å². The number of benzene rings is 1. The SMILES string of the molecule is Cc1cc(/C=N/NC(=O)Cc2cccc(C(F)(F)F)c2)c(C)n1-c1sc2c(c1C(=O)O)CCCC2. The molecule has 0 radical (unpaired) electrons. The van der Waals surface area contributed by atoms with Gasteiger partial charge < -0.3 is 9.67 Å². The molecule has 1 aromatic carbocycles. The molecule has 0 spiro atoms. The highest BCUT2D eigenvalue weighted by molar-refractivity contribution is 7.15. The lowest BCUT2D eigenvalue weighted by atomic mass is 9.95. The van der Waals surface area contributed by atoms with Gasteiger partial charge in [-0.05, 0) is 62.8 Å². The highest BCUT2D eigenvalue weighted by atomic mass is 32.1. The van der Waals surface area contributed by atoms with Crippen molar-refractivity contribution in [3.8, 4) is 5.00 Å². The number of thiophene rings is 1. The predicted molar refractivity (Wildman–Crippen MR) is 128 cm³/mol. The summed E-state index contributed by atoms with van der Waals surface area (Å²) >= 11 is 1.51. The Morgan fingerprint density at radius 1 is 1.20 bits per heavy atom. The molecule has 0 unspecified atom stereocenters. The van der Waals surface area contributed by atoms with Gasteiger partial charge in [0.15, 0.2) is 0 Å². The number of carbonyl (C=O) groups excluding carboxylic acids is 1. The van der Waals surface area contributed by atoms with Crippen LogP contribution in [-0.4, -0.2) is 27.8 Å². The molecule has 2 N–H and O–H groups in total. The minimum absolute atomic E-state index is 0.230. The predicted octanol–water partition coefficient (Wildman–Crippen LogP) is 5.44. The van der Waals surface area contributed by atoms with Crippen molar-refractivity contribution in [2.75, 3.05) is 0 Å². The van der Waals surface area contributed by atoms with Crippen LogP contribution in [0.15, 0.2) is 35.4 Å². The number of hydrogen-bond acceptors (Lipinski definition) is 4. The van der Waals surface area contributed by atoms with Crippen molar-refractivity contribution in [1.29, 1.82) is 0 Å². The minimum atomic E-state index is -4.48. The Hall–Kier alpha value is -3.40. The van der Waals surface area contributed by atoms with Crippen LogP contribution < -0.4 is 5.43 Å². The number of aromatic carboxylic acids is 1. The summed E-state index contributed by atoms with van der Waals surface area (Å²) < 4.78 is 40.5. The van der Waals surface area contributed by atoms with Crippen LogP contribution in [0, 0.1) is 13.8 Å². The smallest absolute Gasteiger partial charge is 0.416 e. The first-order chi connectivity index (χ1) is 16.6. The molecule has 2 heterocycles. The van der Waals surface area contributed by atoms with E-state index in [1.54, 1.807) is 0 Å². The summed E-state index contributed by atoms with van der Waals surface area (Å²) in [5, 5.41) is 14.5. The van der Waals surface area contributed by atoms with Gasteiger partial charge >= 0.3 is 12.1 Å². The third-order valence-electron chi connectivity index (χ3n) is 6.05. The van der Waals surface area contributed by atoms with Crippen LogP contribution >= 0.6 is 11.3 Å². The lowest BCUT2D eigenvalue weighted by molar-refractivity contribution is -0.137. The molecule has 1 amide bonds. The van der Waals surface area contributed by atoms with Gasteiger partial charge in [-0.2, -0.15) is 18.3 Å². The number of aromatic nitrogens is 1. The molecule has 0 aliphatic heterocycles. The van der Waals surface area contributed by atoms with Crippen LogP contribution in [0.3, 0.4) is 0 Å².